The zero-order valence-electron chi connectivity index (χ0n) is 12.6. The highest BCUT2D eigenvalue weighted by molar-refractivity contribution is 6.35. The van der Waals surface area contributed by atoms with Crippen LogP contribution in [0.4, 0.5) is 4.39 Å². The molecule has 2 rings (SSSR count). The topological polar surface area (TPSA) is 40.6 Å². The Kier molecular flexibility index (Phi) is 4.97. The first kappa shape index (κ1) is 17.0. The second kappa shape index (κ2) is 6.42. The van der Waals surface area contributed by atoms with Crippen molar-refractivity contribution in [3.63, 3.8) is 0 Å². The van der Waals surface area contributed by atoms with Gasteiger partial charge in [0, 0.05) is 30.5 Å². The lowest BCUT2D eigenvalue weighted by Gasteiger charge is -2.40. The molecule has 0 aliphatic carbocycles. The number of benzene rings is 1. The van der Waals surface area contributed by atoms with E-state index < -0.39 is 23.7 Å². The lowest BCUT2D eigenvalue weighted by atomic mass is 9.99. The maximum absolute atomic E-state index is 13.7. The van der Waals surface area contributed by atoms with Crippen molar-refractivity contribution < 1.29 is 14.0 Å². The average Bonchev–Trinajstić information content (AvgIpc) is 2.47. The van der Waals surface area contributed by atoms with Crippen LogP contribution in [0.15, 0.2) is 12.1 Å². The van der Waals surface area contributed by atoms with Gasteiger partial charge in [-0.15, -0.1) is 11.6 Å². The molecule has 1 saturated heterocycles. The minimum absolute atomic E-state index is 0.101. The molecule has 0 bridgehead atoms. The molecule has 1 aromatic carbocycles. The predicted molar refractivity (Wildman–Crippen MR) is 83.3 cm³/mol. The number of rotatable bonds is 3. The summed E-state index contributed by atoms with van der Waals surface area (Å²) in [6.45, 7) is 3.97. The zero-order chi connectivity index (χ0) is 16.6. The van der Waals surface area contributed by atoms with Crippen molar-refractivity contribution >= 4 is 35.0 Å². The summed E-state index contributed by atoms with van der Waals surface area (Å²) in [6, 6.07) is 1.90. The molecule has 4 nitrogen and oxygen atoms in total. The second-order valence-electron chi connectivity index (χ2n) is 5.49. The van der Waals surface area contributed by atoms with Crippen molar-refractivity contribution in [2.45, 2.75) is 31.8 Å². The van der Waals surface area contributed by atoms with Gasteiger partial charge in [0.05, 0.1) is 6.04 Å². The molecular formula is C15H17Cl2FN2O2. The summed E-state index contributed by atoms with van der Waals surface area (Å²) in [4.78, 5) is 27.1. The summed E-state index contributed by atoms with van der Waals surface area (Å²) in [7, 11) is 1.59. The highest BCUT2D eigenvalue weighted by Gasteiger charge is 2.38. The number of hydrogen-bond acceptors (Lipinski definition) is 2. The van der Waals surface area contributed by atoms with Crippen LogP contribution in [0.3, 0.4) is 0 Å². The number of amides is 2. The van der Waals surface area contributed by atoms with Crippen LogP contribution in [0.1, 0.15) is 31.0 Å². The van der Waals surface area contributed by atoms with E-state index in [0.29, 0.717) is 17.7 Å². The fourth-order valence-electron chi connectivity index (χ4n) is 2.60. The molecule has 0 aromatic heterocycles. The Hall–Kier alpha value is -1.33. The van der Waals surface area contributed by atoms with Gasteiger partial charge in [-0.2, -0.15) is 0 Å². The van der Waals surface area contributed by atoms with Gasteiger partial charge in [-0.1, -0.05) is 11.6 Å². The molecule has 0 radical (unpaired) electrons. The van der Waals surface area contributed by atoms with Crippen LogP contribution in [-0.4, -0.2) is 41.2 Å². The van der Waals surface area contributed by atoms with Crippen molar-refractivity contribution in [2.75, 3.05) is 13.6 Å². The monoisotopic (exact) mass is 346 g/mol. The number of likely N-dealkylation sites (N-methyl/N-ethyl adjacent to an activating group) is 1. The molecule has 0 saturated carbocycles. The first-order chi connectivity index (χ1) is 10.3. The van der Waals surface area contributed by atoms with E-state index in [2.05, 4.69) is 0 Å². The third-order valence-electron chi connectivity index (χ3n) is 4.13. The van der Waals surface area contributed by atoms with Crippen molar-refractivity contribution in [3.8, 4) is 0 Å². The van der Waals surface area contributed by atoms with Gasteiger partial charge in [0.15, 0.2) is 0 Å². The number of hydrogen-bond donors (Lipinski definition) is 0. The van der Waals surface area contributed by atoms with Gasteiger partial charge >= 0.3 is 11.8 Å². The summed E-state index contributed by atoms with van der Waals surface area (Å²) < 4.78 is 13.7. The summed E-state index contributed by atoms with van der Waals surface area (Å²) >= 11 is 11.9. The third kappa shape index (κ3) is 2.92. The van der Waals surface area contributed by atoms with Crippen LogP contribution < -0.4 is 0 Å². The predicted octanol–water partition coefficient (Wildman–Crippen LogP) is 2.97. The van der Waals surface area contributed by atoms with Gasteiger partial charge in [0.2, 0.25) is 0 Å². The van der Waals surface area contributed by atoms with Crippen molar-refractivity contribution in [2.24, 2.45) is 0 Å². The fourth-order valence-corrected chi connectivity index (χ4v) is 3.25. The standard InChI is InChI=1S/C15H17Cl2FN2O2/c1-8-7-20(15(22)14(21)19(8)3)9(2)11-4-10(18)5-13(17)12(11)6-16/h4-5,8-9H,6-7H2,1-3H3/t8-,9+/m1/s1. The molecule has 0 unspecified atom stereocenters. The largest absolute Gasteiger partial charge is 0.333 e. The first-order valence-electron chi connectivity index (χ1n) is 6.89. The molecule has 0 N–H and O–H groups in total. The van der Waals surface area contributed by atoms with E-state index in [1.165, 1.54) is 21.9 Å². The Balaban J connectivity index is 2.42. The normalized spacial score (nSPS) is 20.5. The summed E-state index contributed by atoms with van der Waals surface area (Å²) in [5.41, 5.74) is 1.10. The van der Waals surface area contributed by atoms with Crippen LogP contribution in [-0.2, 0) is 15.5 Å². The maximum Gasteiger partial charge on any atom is 0.312 e. The van der Waals surface area contributed by atoms with E-state index >= 15 is 0 Å². The molecule has 1 heterocycles. The van der Waals surface area contributed by atoms with Gasteiger partial charge in [-0.3, -0.25) is 9.59 Å². The lowest BCUT2D eigenvalue weighted by molar-refractivity contribution is -0.159. The number of alkyl halides is 1. The quantitative estimate of drug-likeness (QED) is 0.623. The summed E-state index contributed by atoms with van der Waals surface area (Å²) in [5.74, 6) is -1.57. The number of carbonyl (C=O) groups excluding carboxylic acids is 2. The molecule has 1 aliphatic rings. The number of halogens is 3. The first-order valence-corrected chi connectivity index (χ1v) is 7.80. The minimum atomic E-state index is -0.603. The Morgan fingerprint density at radius 2 is 2.00 bits per heavy atom. The highest BCUT2D eigenvalue weighted by atomic mass is 35.5. The van der Waals surface area contributed by atoms with Gasteiger partial charge in [0.1, 0.15) is 5.82 Å². The molecule has 120 valence electrons. The molecule has 22 heavy (non-hydrogen) atoms. The van der Waals surface area contributed by atoms with Gasteiger partial charge in [-0.25, -0.2) is 4.39 Å². The Morgan fingerprint density at radius 3 is 2.59 bits per heavy atom. The smallest absolute Gasteiger partial charge is 0.312 e. The van der Waals surface area contributed by atoms with Gasteiger partial charge < -0.3 is 9.80 Å². The van der Waals surface area contributed by atoms with Crippen LogP contribution in [0.5, 0.6) is 0 Å². The van der Waals surface area contributed by atoms with Gasteiger partial charge in [-0.05, 0) is 37.1 Å². The molecule has 2 atom stereocenters. The fraction of sp³-hybridized carbons (Fsp3) is 0.467. The van der Waals surface area contributed by atoms with Gasteiger partial charge in [0.25, 0.3) is 0 Å². The van der Waals surface area contributed by atoms with Crippen molar-refractivity contribution in [3.05, 3.63) is 34.1 Å². The van der Waals surface area contributed by atoms with Crippen molar-refractivity contribution in [1.29, 1.82) is 0 Å². The van der Waals surface area contributed by atoms with Crippen LogP contribution in [0.25, 0.3) is 0 Å². The van der Waals surface area contributed by atoms with Crippen molar-refractivity contribution in [1.82, 2.24) is 9.80 Å². The maximum atomic E-state index is 13.7. The van der Waals surface area contributed by atoms with Crippen LogP contribution in [0, 0.1) is 5.82 Å². The molecule has 1 aliphatic heterocycles. The van der Waals surface area contributed by atoms with E-state index in [-0.39, 0.29) is 16.9 Å². The molecule has 0 spiro atoms. The van der Waals surface area contributed by atoms with E-state index in [9.17, 15) is 14.0 Å². The van der Waals surface area contributed by atoms with E-state index in [1.807, 2.05) is 6.92 Å². The SMILES string of the molecule is C[C@@H]1CN([C@@H](C)c2cc(F)cc(Cl)c2CCl)C(=O)C(=O)N1C. The Bertz CT molecular complexity index is 624. The molecule has 7 heteroatoms. The summed E-state index contributed by atoms with van der Waals surface area (Å²) in [6.07, 6.45) is 0. The zero-order valence-corrected chi connectivity index (χ0v) is 14.1. The molecular weight excluding hydrogens is 330 g/mol. The minimum Gasteiger partial charge on any atom is -0.333 e. The number of nitrogens with zero attached hydrogens (tertiary/aromatic N) is 2. The van der Waals surface area contributed by atoms with Crippen LogP contribution in [0.2, 0.25) is 5.02 Å². The lowest BCUT2D eigenvalue weighted by Crippen LogP contribution is -2.57. The Labute approximate surface area is 138 Å². The van der Waals surface area contributed by atoms with Crippen LogP contribution >= 0.6 is 23.2 Å². The molecule has 2 amide bonds. The highest BCUT2D eigenvalue weighted by Crippen LogP contribution is 2.32. The van der Waals surface area contributed by atoms with E-state index in [1.54, 1.807) is 14.0 Å². The summed E-state index contributed by atoms with van der Waals surface area (Å²) in [5, 5.41) is 0.220. The van der Waals surface area contributed by atoms with E-state index in [4.69, 9.17) is 23.2 Å². The third-order valence-corrected chi connectivity index (χ3v) is 4.74. The number of carbonyl (C=O) groups is 2. The second-order valence-corrected chi connectivity index (χ2v) is 6.16. The Morgan fingerprint density at radius 1 is 1.36 bits per heavy atom. The molecule has 1 aromatic rings. The number of piperazine rings is 1. The van der Waals surface area contributed by atoms with E-state index in [0.717, 1.165) is 0 Å². The average molecular weight is 347 g/mol. The molecule has 1 fully saturated rings.